The van der Waals surface area contributed by atoms with E-state index < -0.39 is 0 Å². The van der Waals surface area contributed by atoms with Gasteiger partial charge in [0.15, 0.2) is 0 Å². The Hall–Kier alpha value is -2.30. The van der Waals surface area contributed by atoms with Crippen molar-refractivity contribution in [3.63, 3.8) is 0 Å². The molecule has 1 N–H and O–H groups in total. The third-order valence-corrected chi connectivity index (χ3v) is 3.03. The van der Waals surface area contributed by atoms with Crippen LogP contribution in [0.5, 0.6) is 5.75 Å². The van der Waals surface area contributed by atoms with Crippen LogP contribution in [0.1, 0.15) is 23.8 Å². The lowest BCUT2D eigenvalue weighted by Gasteiger charge is -2.04. The molecule has 0 unspecified atom stereocenters. The number of hydrogen-bond donors (Lipinski definition) is 1. The van der Waals surface area contributed by atoms with Crippen molar-refractivity contribution in [3.8, 4) is 17.0 Å². The van der Waals surface area contributed by atoms with Gasteiger partial charge < -0.3 is 10.1 Å². The number of nitrogens with one attached hydrogen (secondary N) is 1. The van der Waals surface area contributed by atoms with E-state index in [-0.39, 0.29) is 5.91 Å². The van der Waals surface area contributed by atoms with Crippen LogP contribution in [-0.2, 0) is 7.05 Å². The van der Waals surface area contributed by atoms with Crippen LogP contribution in [0.2, 0.25) is 0 Å². The van der Waals surface area contributed by atoms with Crippen LogP contribution in [0.25, 0.3) is 11.3 Å². The predicted molar refractivity (Wildman–Crippen MR) is 77.8 cm³/mol. The molecule has 0 aliphatic rings. The molecule has 5 nitrogen and oxygen atoms in total. The van der Waals surface area contributed by atoms with E-state index in [4.69, 9.17) is 4.74 Å². The molecule has 0 aliphatic heterocycles. The van der Waals surface area contributed by atoms with Gasteiger partial charge in [0.25, 0.3) is 5.91 Å². The summed E-state index contributed by atoms with van der Waals surface area (Å²) < 4.78 is 6.91. The van der Waals surface area contributed by atoms with Crippen molar-refractivity contribution in [2.75, 3.05) is 13.7 Å². The Balaban J connectivity index is 2.33. The first kappa shape index (κ1) is 14.1. The van der Waals surface area contributed by atoms with Gasteiger partial charge in [0.05, 0.1) is 12.8 Å². The van der Waals surface area contributed by atoms with Gasteiger partial charge in [0.2, 0.25) is 0 Å². The maximum absolute atomic E-state index is 12.0. The molecular weight excluding hydrogens is 254 g/mol. The first-order valence-electron chi connectivity index (χ1n) is 6.63. The normalized spacial score (nSPS) is 10.3. The molecule has 0 radical (unpaired) electrons. The van der Waals surface area contributed by atoms with E-state index in [9.17, 15) is 4.79 Å². The number of para-hydroxylation sites is 1. The van der Waals surface area contributed by atoms with Gasteiger partial charge in [-0.2, -0.15) is 5.10 Å². The van der Waals surface area contributed by atoms with Crippen molar-refractivity contribution in [2.45, 2.75) is 13.3 Å². The van der Waals surface area contributed by atoms with E-state index in [0.29, 0.717) is 12.2 Å². The fourth-order valence-corrected chi connectivity index (χ4v) is 2.00. The highest BCUT2D eigenvalue weighted by atomic mass is 16.5. The summed E-state index contributed by atoms with van der Waals surface area (Å²) >= 11 is 0. The van der Waals surface area contributed by atoms with E-state index in [0.717, 1.165) is 23.4 Å². The molecule has 0 atom stereocenters. The summed E-state index contributed by atoms with van der Waals surface area (Å²) in [5.74, 6) is 0.633. The van der Waals surface area contributed by atoms with Crippen LogP contribution >= 0.6 is 0 Å². The molecule has 106 valence electrons. The standard InChI is InChI=1S/C15H19N3O2/c1-4-9-16-15(19)13-10-12(17-18(13)2)11-7-5-6-8-14(11)20-3/h5-8,10H,4,9H2,1-3H3,(H,16,19). The number of benzene rings is 1. The van der Waals surface area contributed by atoms with Crippen LogP contribution in [0.3, 0.4) is 0 Å². The topological polar surface area (TPSA) is 56.1 Å². The molecular formula is C15H19N3O2. The molecule has 0 fully saturated rings. The largest absolute Gasteiger partial charge is 0.496 e. The van der Waals surface area contributed by atoms with Gasteiger partial charge in [-0.3, -0.25) is 9.48 Å². The molecule has 2 aromatic rings. The second kappa shape index (κ2) is 6.23. The number of carbonyl (C=O) groups excluding carboxylic acids is 1. The molecule has 1 aromatic carbocycles. The monoisotopic (exact) mass is 273 g/mol. The second-order valence-corrected chi connectivity index (χ2v) is 4.49. The lowest BCUT2D eigenvalue weighted by atomic mass is 10.1. The van der Waals surface area contributed by atoms with Crippen LogP contribution < -0.4 is 10.1 Å². The number of rotatable bonds is 5. The van der Waals surface area contributed by atoms with Crippen LogP contribution in [0.15, 0.2) is 30.3 Å². The molecule has 0 saturated carbocycles. The van der Waals surface area contributed by atoms with Crippen LogP contribution in [0.4, 0.5) is 0 Å². The first-order valence-corrected chi connectivity index (χ1v) is 6.63. The number of aryl methyl sites for hydroxylation is 1. The summed E-state index contributed by atoms with van der Waals surface area (Å²) in [4.78, 5) is 12.0. The van der Waals surface area contributed by atoms with Crippen molar-refractivity contribution < 1.29 is 9.53 Å². The molecule has 2 rings (SSSR count). The Morgan fingerprint density at radius 1 is 1.40 bits per heavy atom. The van der Waals surface area contributed by atoms with Gasteiger partial charge in [-0.25, -0.2) is 0 Å². The number of hydrogen-bond acceptors (Lipinski definition) is 3. The molecule has 1 aromatic heterocycles. The Kier molecular flexibility index (Phi) is 4.40. The minimum Gasteiger partial charge on any atom is -0.496 e. The Morgan fingerprint density at radius 2 is 2.15 bits per heavy atom. The molecule has 5 heteroatoms. The van der Waals surface area contributed by atoms with Gasteiger partial charge in [-0.1, -0.05) is 19.1 Å². The quantitative estimate of drug-likeness (QED) is 0.909. The van der Waals surface area contributed by atoms with Crippen LogP contribution in [-0.4, -0.2) is 29.3 Å². The number of carbonyl (C=O) groups is 1. The third-order valence-electron chi connectivity index (χ3n) is 3.03. The highest BCUT2D eigenvalue weighted by Crippen LogP contribution is 2.28. The SMILES string of the molecule is CCCNC(=O)c1cc(-c2ccccc2OC)nn1C. The second-order valence-electron chi connectivity index (χ2n) is 4.49. The summed E-state index contributed by atoms with van der Waals surface area (Å²) in [5, 5.41) is 7.25. The average Bonchev–Trinajstić information content (AvgIpc) is 2.86. The predicted octanol–water partition coefficient (Wildman–Crippen LogP) is 2.24. The van der Waals surface area contributed by atoms with Crippen LogP contribution in [0, 0.1) is 0 Å². The van der Waals surface area contributed by atoms with Gasteiger partial charge in [-0.05, 0) is 24.6 Å². The maximum Gasteiger partial charge on any atom is 0.269 e. The van der Waals surface area contributed by atoms with Crippen molar-refractivity contribution in [2.24, 2.45) is 7.05 Å². The Morgan fingerprint density at radius 3 is 2.85 bits per heavy atom. The molecule has 0 aliphatic carbocycles. The Bertz CT molecular complexity index is 605. The zero-order valence-electron chi connectivity index (χ0n) is 12.0. The molecule has 1 amide bonds. The van der Waals surface area contributed by atoms with E-state index in [1.807, 2.05) is 31.2 Å². The number of nitrogens with zero attached hydrogens (tertiary/aromatic N) is 2. The van der Waals surface area contributed by atoms with Gasteiger partial charge in [0.1, 0.15) is 11.4 Å². The van der Waals surface area contributed by atoms with E-state index in [1.165, 1.54) is 0 Å². The lowest BCUT2D eigenvalue weighted by molar-refractivity contribution is 0.0944. The molecule has 0 bridgehead atoms. The summed E-state index contributed by atoms with van der Waals surface area (Å²) in [5.41, 5.74) is 2.14. The van der Waals surface area contributed by atoms with Gasteiger partial charge in [-0.15, -0.1) is 0 Å². The summed E-state index contributed by atoms with van der Waals surface area (Å²) in [6, 6.07) is 9.40. The smallest absolute Gasteiger partial charge is 0.269 e. The minimum atomic E-state index is -0.108. The van der Waals surface area contributed by atoms with E-state index in [1.54, 1.807) is 24.9 Å². The molecule has 0 spiro atoms. The summed E-state index contributed by atoms with van der Waals surface area (Å²) in [7, 11) is 3.39. The number of aromatic nitrogens is 2. The molecule has 20 heavy (non-hydrogen) atoms. The van der Waals surface area contributed by atoms with Crippen molar-refractivity contribution in [1.29, 1.82) is 0 Å². The van der Waals surface area contributed by atoms with E-state index >= 15 is 0 Å². The third kappa shape index (κ3) is 2.82. The van der Waals surface area contributed by atoms with Crippen molar-refractivity contribution >= 4 is 5.91 Å². The fraction of sp³-hybridized carbons (Fsp3) is 0.333. The fourth-order valence-electron chi connectivity index (χ4n) is 2.00. The zero-order valence-corrected chi connectivity index (χ0v) is 12.0. The molecule has 1 heterocycles. The van der Waals surface area contributed by atoms with E-state index in [2.05, 4.69) is 10.4 Å². The van der Waals surface area contributed by atoms with Crippen molar-refractivity contribution in [3.05, 3.63) is 36.0 Å². The minimum absolute atomic E-state index is 0.108. The highest BCUT2D eigenvalue weighted by molar-refractivity contribution is 5.93. The maximum atomic E-state index is 12.0. The average molecular weight is 273 g/mol. The highest BCUT2D eigenvalue weighted by Gasteiger charge is 2.15. The summed E-state index contributed by atoms with van der Waals surface area (Å²) in [6.45, 7) is 2.68. The summed E-state index contributed by atoms with van der Waals surface area (Å²) in [6.07, 6.45) is 0.906. The molecule has 0 saturated heterocycles. The van der Waals surface area contributed by atoms with Gasteiger partial charge in [0, 0.05) is 19.2 Å². The Labute approximate surface area is 118 Å². The van der Waals surface area contributed by atoms with Crippen molar-refractivity contribution in [1.82, 2.24) is 15.1 Å². The lowest BCUT2D eigenvalue weighted by Crippen LogP contribution is -2.26. The number of amides is 1. The zero-order chi connectivity index (χ0) is 14.5. The number of methoxy groups -OCH3 is 1. The number of ether oxygens (including phenoxy) is 1. The first-order chi connectivity index (χ1) is 9.67. The van der Waals surface area contributed by atoms with Gasteiger partial charge >= 0.3 is 0 Å².